The standard InChI is InChI=1S/C6H4N3O6P/c10-8(11)6-3-1-5(2-4-6)7-9-14-16(12,13-7)15-9/h1-4H. The maximum Gasteiger partial charge on any atom is 0.538 e. The molecule has 0 aromatic heterocycles. The second-order valence-electron chi connectivity index (χ2n) is 2.98. The van der Waals surface area contributed by atoms with Gasteiger partial charge in [-0.2, -0.15) is 0 Å². The molecule has 10 heteroatoms. The van der Waals surface area contributed by atoms with Gasteiger partial charge in [-0.1, -0.05) is 0 Å². The van der Waals surface area contributed by atoms with Crippen molar-refractivity contribution in [3.63, 3.8) is 0 Å². The first-order chi connectivity index (χ1) is 7.57. The second kappa shape index (κ2) is 3.00. The van der Waals surface area contributed by atoms with E-state index < -0.39 is 12.7 Å². The maximum absolute atomic E-state index is 11.2. The molecule has 0 radical (unpaired) electrons. The van der Waals surface area contributed by atoms with E-state index in [1.54, 1.807) is 0 Å². The van der Waals surface area contributed by atoms with Gasteiger partial charge in [-0.25, -0.2) is 4.57 Å². The fourth-order valence-electron chi connectivity index (χ4n) is 1.24. The number of hydrogen-bond acceptors (Lipinski definition) is 8. The van der Waals surface area contributed by atoms with Crippen LogP contribution in [0.2, 0.25) is 0 Å². The SMILES string of the molecule is O=[N+]([O-])c1ccc(N2OP3(=O)ON2O3)cc1. The highest BCUT2D eigenvalue weighted by Gasteiger charge is 2.60. The van der Waals surface area contributed by atoms with Crippen molar-refractivity contribution in [3.05, 3.63) is 34.4 Å². The first-order valence-electron chi connectivity index (χ1n) is 4.11. The Kier molecular flexibility index (Phi) is 1.82. The van der Waals surface area contributed by atoms with Gasteiger partial charge in [-0.3, -0.25) is 10.1 Å². The minimum atomic E-state index is -3.43. The molecule has 2 bridgehead atoms. The topological polar surface area (TPSA) is 94.4 Å². The molecule has 0 unspecified atom stereocenters. The average molecular weight is 245 g/mol. The predicted octanol–water partition coefficient (Wildman–Crippen LogP) is 1.55. The van der Waals surface area contributed by atoms with Crippen LogP contribution in [-0.2, 0) is 18.4 Å². The smallest absolute Gasteiger partial charge is 0.258 e. The van der Waals surface area contributed by atoms with Crippen molar-refractivity contribution in [1.29, 1.82) is 0 Å². The van der Waals surface area contributed by atoms with Gasteiger partial charge in [-0.15, -0.1) is 19.0 Å². The molecule has 4 rings (SSSR count). The van der Waals surface area contributed by atoms with E-state index in [0.717, 1.165) is 10.5 Å². The molecular formula is C6H4N3O6P. The minimum absolute atomic E-state index is 0.0567. The van der Waals surface area contributed by atoms with Crippen LogP contribution in [0.4, 0.5) is 11.4 Å². The van der Waals surface area contributed by atoms with Crippen molar-refractivity contribution in [2.75, 3.05) is 5.17 Å². The molecule has 16 heavy (non-hydrogen) atoms. The van der Waals surface area contributed by atoms with E-state index >= 15 is 0 Å². The van der Waals surface area contributed by atoms with Gasteiger partial charge in [0.1, 0.15) is 0 Å². The molecule has 0 atom stereocenters. The molecular weight excluding hydrogens is 241 g/mol. The first kappa shape index (κ1) is 9.70. The number of phosphoric acid groups is 1. The van der Waals surface area contributed by atoms with E-state index in [1.165, 1.54) is 24.3 Å². The van der Waals surface area contributed by atoms with E-state index in [2.05, 4.69) is 9.25 Å². The van der Waals surface area contributed by atoms with Gasteiger partial charge >= 0.3 is 7.82 Å². The van der Waals surface area contributed by atoms with Crippen molar-refractivity contribution in [3.8, 4) is 0 Å². The summed E-state index contributed by atoms with van der Waals surface area (Å²) in [4.78, 5) is 9.89. The Balaban J connectivity index is 1.86. The summed E-state index contributed by atoms with van der Waals surface area (Å²) in [5, 5.41) is 12.2. The molecule has 3 heterocycles. The highest BCUT2D eigenvalue weighted by atomic mass is 31.2. The van der Waals surface area contributed by atoms with Gasteiger partial charge in [0.2, 0.25) is 0 Å². The number of non-ortho nitro benzene ring substituents is 1. The zero-order valence-corrected chi connectivity index (χ0v) is 8.44. The first-order valence-corrected chi connectivity index (χ1v) is 5.57. The molecule has 0 amide bonds. The van der Waals surface area contributed by atoms with Crippen molar-refractivity contribution < 1.29 is 23.4 Å². The van der Waals surface area contributed by atoms with E-state index in [4.69, 9.17) is 4.62 Å². The molecule has 84 valence electrons. The Morgan fingerprint density at radius 1 is 1.19 bits per heavy atom. The molecule has 0 N–H and O–H groups in total. The van der Waals surface area contributed by atoms with Gasteiger partial charge in [0.25, 0.3) is 5.69 Å². The zero-order chi connectivity index (χ0) is 11.3. The summed E-state index contributed by atoms with van der Waals surface area (Å²) < 4.78 is 25.2. The molecule has 3 aliphatic rings. The highest BCUT2D eigenvalue weighted by molar-refractivity contribution is 7.49. The number of hydrazine groups is 1. The molecule has 9 nitrogen and oxygen atoms in total. The van der Waals surface area contributed by atoms with Gasteiger partial charge in [0, 0.05) is 12.1 Å². The van der Waals surface area contributed by atoms with E-state index in [-0.39, 0.29) is 5.69 Å². The van der Waals surface area contributed by atoms with Crippen LogP contribution in [0.3, 0.4) is 0 Å². The minimum Gasteiger partial charge on any atom is -0.258 e. The van der Waals surface area contributed by atoms with Crippen LogP contribution in [0.15, 0.2) is 24.3 Å². The Bertz CT molecular complexity index is 493. The number of benzene rings is 1. The molecule has 3 saturated heterocycles. The van der Waals surface area contributed by atoms with Crippen molar-refractivity contribution >= 4 is 19.2 Å². The number of nitrogens with zero attached hydrogens (tertiary/aromatic N) is 3. The maximum atomic E-state index is 11.2. The van der Waals surface area contributed by atoms with E-state index in [9.17, 15) is 14.7 Å². The van der Waals surface area contributed by atoms with Crippen molar-refractivity contribution in [1.82, 2.24) is 5.34 Å². The van der Waals surface area contributed by atoms with Crippen LogP contribution >= 0.6 is 7.82 Å². The van der Waals surface area contributed by atoms with Crippen LogP contribution in [0.25, 0.3) is 0 Å². The third-order valence-corrected chi connectivity index (χ3v) is 2.98. The highest BCUT2D eigenvalue weighted by Crippen LogP contribution is 2.67. The summed E-state index contributed by atoms with van der Waals surface area (Å²) in [6.45, 7) is 0. The molecule has 0 saturated carbocycles. The lowest BCUT2D eigenvalue weighted by atomic mass is 10.3. The van der Waals surface area contributed by atoms with Gasteiger partial charge in [0.15, 0.2) is 0 Å². The van der Waals surface area contributed by atoms with Crippen LogP contribution in [0, 0.1) is 10.1 Å². The lowest BCUT2D eigenvalue weighted by Gasteiger charge is -2.21. The van der Waals surface area contributed by atoms with Gasteiger partial charge in [0.05, 0.1) is 15.9 Å². The number of nitro benzene ring substituents is 1. The summed E-state index contributed by atoms with van der Waals surface area (Å²) >= 11 is 0. The number of rotatable bonds is 2. The van der Waals surface area contributed by atoms with Crippen LogP contribution in [0.5, 0.6) is 0 Å². The van der Waals surface area contributed by atoms with Crippen LogP contribution in [0.1, 0.15) is 0 Å². The Labute approximate surface area is 88.3 Å². The molecule has 3 fully saturated rings. The Morgan fingerprint density at radius 3 is 2.25 bits per heavy atom. The fourth-order valence-corrected chi connectivity index (χ4v) is 2.13. The molecule has 1 aromatic rings. The third kappa shape index (κ3) is 1.31. The fraction of sp³-hybridized carbons (Fsp3) is 0. The third-order valence-electron chi connectivity index (χ3n) is 1.95. The molecule has 1 aromatic carbocycles. The normalized spacial score (nSPS) is 31.2. The number of fused-ring (bicyclic) bond motifs is 1. The van der Waals surface area contributed by atoms with Crippen LogP contribution in [-0.4, -0.2) is 10.3 Å². The van der Waals surface area contributed by atoms with Crippen molar-refractivity contribution in [2.24, 2.45) is 0 Å². The summed E-state index contributed by atoms with van der Waals surface area (Å²) in [5.74, 6) is 0. The molecule has 0 aliphatic carbocycles. The number of hydrogen-bond donors (Lipinski definition) is 0. The summed E-state index contributed by atoms with van der Waals surface area (Å²) in [6, 6.07) is 5.40. The summed E-state index contributed by atoms with van der Waals surface area (Å²) in [7, 11) is -3.43. The second-order valence-corrected chi connectivity index (χ2v) is 4.36. The number of anilines is 1. The summed E-state index contributed by atoms with van der Waals surface area (Å²) in [6.07, 6.45) is 0. The van der Waals surface area contributed by atoms with E-state index in [1.807, 2.05) is 0 Å². The largest absolute Gasteiger partial charge is 0.538 e. The molecule has 0 spiro atoms. The van der Waals surface area contributed by atoms with E-state index in [0.29, 0.717) is 5.69 Å². The zero-order valence-electron chi connectivity index (χ0n) is 7.55. The lowest BCUT2D eigenvalue weighted by Crippen LogP contribution is -2.34. The lowest BCUT2D eigenvalue weighted by molar-refractivity contribution is -0.384. The van der Waals surface area contributed by atoms with Gasteiger partial charge < -0.3 is 0 Å². The Morgan fingerprint density at radius 2 is 1.81 bits per heavy atom. The number of nitro groups is 1. The average Bonchev–Trinajstić information content (AvgIpc) is 2.71. The molecule has 3 aliphatic heterocycles. The van der Waals surface area contributed by atoms with Gasteiger partial charge in [-0.05, 0) is 12.1 Å². The summed E-state index contributed by atoms with van der Waals surface area (Å²) in [5.41, 5.74) is 0.347. The van der Waals surface area contributed by atoms with Crippen LogP contribution < -0.4 is 5.17 Å². The Hall–Kier alpha value is -1.51. The monoisotopic (exact) mass is 245 g/mol. The predicted molar refractivity (Wildman–Crippen MR) is 48.3 cm³/mol. The van der Waals surface area contributed by atoms with Crippen molar-refractivity contribution in [2.45, 2.75) is 0 Å². The quantitative estimate of drug-likeness (QED) is 0.440.